The van der Waals surface area contributed by atoms with E-state index in [1.807, 2.05) is 0 Å². The second-order valence-corrected chi connectivity index (χ2v) is 5.52. The fourth-order valence-corrected chi connectivity index (χ4v) is 2.52. The van der Waals surface area contributed by atoms with Crippen molar-refractivity contribution in [3.05, 3.63) is 73.8 Å². The van der Waals surface area contributed by atoms with Gasteiger partial charge in [-0.05, 0) is 37.6 Å². The molecule has 3 aromatic rings. The lowest BCUT2D eigenvalue weighted by molar-refractivity contribution is -0.385. The summed E-state index contributed by atoms with van der Waals surface area (Å²) in [5, 5.41) is 25.5. The quantitative estimate of drug-likeness (QED) is 0.448. The van der Waals surface area contributed by atoms with Crippen molar-refractivity contribution in [2.45, 2.75) is 13.8 Å². The van der Waals surface area contributed by atoms with E-state index in [-0.39, 0.29) is 11.1 Å². The average Bonchev–Trinajstić information content (AvgIpc) is 2.57. The predicted octanol–water partition coefficient (Wildman–Crippen LogP) is 2.51. The predicted molar refractivity (Wildman–Crippen MR) is 93.2 cm³/mol. The van der Waals surface area contributed by atoms with Gasteiger partial charge in [0.15, 0.2) is 0 Å². The minimum Gasteiger partial charge on any atom is -0.502 e. The zero-order valence-electron chi connectivity index (χ0n) is 13.5. The van der Waals surface area contributed by atoms with Crippen LogP contribution in [0.25, 0.3) is 10.9 Å². The highest BCUT2D eigenvalue weighted by Gasteiger charge is 2.17. The van der Waals surface area contributed by atoms with Crippen LogP contribution < -0.4 is 5.56 Å². The molecule has 8 nitrogen and oxygen atoms in total. The molecule has 0 aliphatic carbocycles. The van der Waals surface area contributed by atoms with E-state index in [0.717, 1.165) is 4.68 Å². The van der Waals surface area contributed by atoms with Crippen molar-refractivity contribution in [1.82, 2.24) is 9.66 Å². The van der Waals surface area contributed by atoms with E-state index >= 15 is 0 Å². The molecule has 0 bridgehead atoms. The second-order valence-electron chi connectivity index (χ2n) is 5.52. The van der Waals surface area contributed by atoms with E-state index in [2.05, 4.69) is 10.1 Å². The van der Waals surface area contributed by atoms with Crippen molar-refractivity contribution < 1.29 is 10.0 Å². The highest BCUT2D eigenvalue weighted by molar-refractivity contribution is 5.86. The second kappa shape index (κ2) is 6.16. The first-order valence-electron chi connectivity index (χ1n) is 7.39. The SMILES string of the molecule is Cc1cc(C=Nn2c(C)nc3ccccc3c2=O)c(O)c([N+](=O)[O-])c1. The summed E-state index contributed by atoms with van der Waals surface area (Å²) in [4.78, 5) is 27.2. The number of nitro benzene ring substituents is 1. The Morgan fingerprint density at radius 2 is 2.00 bits per heavy atom. The molecule has 3 rings (SSSR count). The molecule has 0 atom stereocenters. The van der Waals surface area contributed by atoms with E-state index in [9.17, 15) is 20.0 Å². The van der Waals surface area contributed by atoms with E-state index in [1.165, 1.54) is 12.3 Å². The number of aromatic hydroxyl groups is 1. The Bertz CT molecular complexity index is 1090. The Balaban J connectivity index is 2.14. The van der Waals surface area contributed by atoms with E-state index < -0.39 is 16.4 Å². The Kier molecular flexibility index (Phi) is 4.02. The number of hydrogen-bond donors (Lipinski definition) is 1. The maximum Gasteiger partial charge on any atom is 0.311 e. The summed E-state index contributed by atoms with van der Waals surface area (Å²) in [7, 11) is 0. The van der Waals surface area contributed by atoms with Gasteiger partial charge in [0.05, 0.1) is 22.0 Å². The molecule has 0 radical (unpaired) electrons. The number of nitrogens with zero attached hydrogens (tertiary/aromatic N) is 4. The molecule has 8 heteroatoms. The maximum atomic E-state index is 12.5. The van der Waals surface area contributed by atoms with Gasteiger partial charge < -0.3 is 5.11 Å². The summed E-state index contributed by atoms with van der Waals surface area (Å²) >= 11 is 0. The van der Waals surface area contributed by atoms with E-state index in [1.54, 1.807) is 44.2 Å². The number of aromatic nitrogens is 2. The van der Waals surface area contributed by atoms with Crippen molar-refractivity contribution >= 4 is 22.8 Å². The first-order chi connectivity index (χ1) is 11.9. The molecular formula is C17H14N4O4. The van der Waals surface area contributed by atoms with Gasteiger partial charge in [0.2, 0.25) is 5.75 Å². The number of nitro groups is 1. The van der Waals surface area contributed by atoms with Gasteiger partial charge >= 0.3 is 5.69 Å². The largest absolute Gasteiger partial charge is 0.502 e. The van der Waals surface area contributed by atoms with Crippen LogP contribution in [0.2, 0.25) is 0 Å². The number of fused-ring (bicyclic) bond motifs is 1. The molecule has 0 fully saturated rings. The van der Waals surface area contributed by atoms with Crippen molar-refractivity contribution in [2.24, 2.45) is 5.10 Å². The molecule has 0 spiro atoms. The van der Waals surface area contributed by atoms with Crippen LogP contribution in [0.15, 0.2) is 46.3 Å². The lowest BCUT2D eigenvalue weighted by atomic mass is 10.1. The van der Waals surface area contributed by atoms with Gasteiger partial charge in [0.25, 0.3) is 5.56 Å². The van der Waals surface area contributed by atoms with Gasteiger partial charge in [0, 0.05) is 11.6 Å². The van der Waals surface area contributed by atoms with E-state index in [0.29, 0.717) is 22.3 Å². The molecule has 1 heterocycles. The normalized spacial score (nSPS) is 11.3. The van der Waals surface area contributed by atoms with Crippen LogP contribution in [0.4, 0.5) is 5.69 Å². The van der Waals surface area contributed by atoms with Crippen LogP contribution >= 0.6 is 0 Å². The standard InChI is InChI=1S/C17H14N4O4/c1-10-7-12(16(22)15(8-10)21(24)25)9-18-20-11(2)19-14-6-4-3-5-13(14)17(20)23/h3-9,22H,1-2H3. The summed E-state index contributed by atoms with van der Waals surface area (Å²) in [6.45, 7) is 3.29. The number of phenols is 1. The van der Waals surface area contributed by atoms with Crippen LogP contribution in [0.5, 0.6) is 5.75 Å². The van der Waals surface area contributed by atoms with Crippen molar-refractivity contribution in [2.75, 3.05) is 0 Å². The summed E-state index contributed by atoms with van der Waals surface area (Å²) in [6.07, 6.45) is 1.21. The highest BCUT2D eigenvalue weighted by Crippen LogP contribution is 2.30. The molecule has 2 aromatic carbocycles. The summed E-state index contributed by atoms with van der Waals surface area (Å²) in [6, 6.07) is 9.69. The highest BCUT2D eigenvalue weighted by atomic mass is 16.6. The monoisotopic (exact) mass is 338 g/mol. The smallest absolute Gasteiger partial charge is 0.311 e. The van der Waals surface area contributed by atoms with Crippen molar-refractivity contribution in [1.29, 1.82) is 0 Å². The summed E-state index contributed by atoms with van der Waals surface area (Å²) in [5.41, 5.74) is 0.520. The first-order valence-corrected chi connectivity index (χ1v) is 7.39. The molecule has 1 aromatic heterocycles. The summed E-state index contributed by atoms with van der Waals surface area (Å²) < 4.78 is 1.09. The minimum atomic E-state index is -0.672. The first kappa shape index (κ1) is 16.3. The lowest BCUT2D eigenvalue weighted by Crippen LogP contribution is -2.20. The number of aryl methyl sites for hydroxylation is 2. The number of phenolic OH excluding ortho intramolecular Hbond substituents is 1. The number of hydrogen-bond acceptors (Lipinski definition) is 6. The van der Waals surface area contributed by atoms with Crippen molar-refractivity contribution in [3.8, 4) is 5.75 Å². The zero-order valence-corrected chi connectivity index (χ0v) is 13.5. The molecule has 0 aliphatic heterocycles. The van der Waals surface area contributed by atoms with Gasteiger partial charge in [0.1, 0.15) is 5.82 Å². The van der Waals surface area contributed by atoms with Crippen LogP contribution in [0.1, 0.15) is 17.0 Å². The topological polar surface area (TPSA) is 111 Å². The Hall–Kier alpha value is -3.55. The van der Waals surface area contributed by atoms with Gasteiger partial charge in [-0.15, -0.1) is 0 Å². The number of rotatable bonds is 3. The minimum absolute atomic E-state index is 0.145. The molecule has 1 N–H and O–H groups in total. The van der Waals surface area contributed by atoms with Gasteiger partial charge in [-0.25, -0.2) is 4.98 Å². The molecule has 0 aliphatic rings. The molecule has 0 amide bonds. The fraction of sp³-hybridized carbons (Fsp3) is 0.118. The van der Waals surface area contributed by atoms with Gasteiger partial charge in [-0.1, -0.05) is 12.1 Å². The van der Waals surface area contributed by atoms with Gasteiger partial charge in [-0.2, -0.15) is 9.78 Å². The van der Waals surface area contributed by atoms with Crippen LogP contribution in [-0.4, -0.2) is 25.9 Å². The maximum absolute atomic E-state index is 12.5. The molecule has 25 heavy (non-hydrogen) atoms. The molecule has 0 unspecified atom stereocenters. The van der Waals surface area contributed by atoms with Crippen LogP contribution in [-0.2, 0) is 0 Å². The zero-order chi connectivity index (χ0) is 18.1. The Labute approximate surface area is 141 Å². The third-order valence-electron chi connectivity index (χ3n) is 3.69. The van der Waals surface area contributed by atoms with Crippen LogP contribution in [0.3, 0.4) is 0 Å². The molecule has 0 saturated heterocycles. The van der Waals surface area contributed by atoms with Crippen molar-refractivity contribution in [3.63, 3.8) is 0 Å². The van der Waals surface area contributed by atoms with E-state index in [4.69, 9.17) is 0 Å². The third kappa shape index (κ3) is 2.97. The van der Waals surface area contributed by atoms with Crippen LogP contribution in [0, 0.1) is 24.0 Å². The summed E-state index contributed by atoms with van der Waals surface area (Å²) in [5.74, 6) is -0.139. The lowest BCUT2D eigenvalue weighted by Gasteiger charge is -2.06. The molecule has 126 valence electrons. The number of benzene rings is 2. The average molecular weight is 338 g/mol. The Morgan fingerprint density at radius 3 is 2.72 bits per heavy atom. The fourth-order valence-electron chi connectivity index (χ4n) is 2.52. The Morgan fingerprint density at radius 1 is 1.28 bits per heavy atom. The molecular weight excluding hydrogens is 324 g/mol. The third-order valence-corrected chi connectivity index (χ3v) is 3.69. The van der Waals surface area contributed by atoms with Gasteiger partial charge in [-0.3, -0.25) is 14.9 Å². The number of para-hydroxylation sites is 1. The molecule has 0 saturated carbocycles.